The minimum atomic E-state index is -0.252. The van der Waals surface area contributed by atoms with Gasteiger partial charge in [0.2, 0.25) is 11.9 Å². The van der Waals surface area contributed by atoms with E-state index in [0.717, 1.165) is 42.6 Å². The maximum absolute atomic E-state index is 13.2. The van der Waals surface area contributed by atoms with Crippen LogP contribution in [0.4, 0.5) is 5.95 Å². The predicted molar refractivity (Wildman–Crippen MR) is 137 cm³/mol. The van der Waals surface area contributed by atoms with Crippen molar-refractivity contribution >= 4 is 51.7 Å². The van der Waals surface area contributed by atoms with Crippen LogP contribution in [0.5, 0.6) is 0 Å². The summed E-state index contributed by atoms with van der Waals surface area (Å²) in [7, 11) is 0. The van der Waals surface area contributed by atoms with E-state index in [1.165, 1.54) is 23.8 Å². The molecule has 0 radical (unpaired) electrons. The number of carbonyl (C=O) groups excluding carboxylic acids is 2. The summed E-state index contributed by atoms with van der Waals surface area (Å²) in [4.78, 5) is 37.3. The fourth-order valence-corrected chi connectivity index (χ4v) is 5.49. The van der Waals surface area contributed by atoms with Crippen LogP contribution in [-0.2, 0) is 4.79 Å². The maximum atomic E-state index is 13.2. The van der Waals surface area contributed by atoms with Crippen molar-refractivity contribution in [2.24, 2.45) is 0 Å². The van der Waals surface area contributed by atoms with E-state index in [1.54, 1.807) is 18.3 Å². The molecular formula is C25H24ClN5O3S. The first kappa shape index (κ1) is 23.3. The highest BCUT2D eigenvalue weighted by atomic mass is 35.5. The fourth-order valence-electron chi connectivity index (χ4n) is 4.47. The second kappa shape index (κ2) is 10.1. The van der Waals surface area contributed by atoms with E-state index in [1.807, 2.05) is 23.1 Å². The van der Waals surface area contributed by atoms with Crippen LogP contribution in [0, 0.1) is 0 Å². The zero-order valence-electron chi connectivity index (χ0n) is 18.9. The van der Waals surface area contributed by atoms with E-state index in [9.17, 15) is 9.59 Å². The zero-order chi connectivity index (χ0) is 24.4. The van der Waals surface area contributed by atoms with Gasteiger partial charge in [-0.3, -0.25) is 14.9 Å². The van der Waals surface area contributed by atoms with Crippen LogP contribution in [0.3, 0.4) is 0 Å². The van der Waals surface area contributed by atoms with Crippen molar-refractivity contribution in [1.29, 1.82) is 0 Å². The van der Waals surface area contributed by atoms with E-state index in [4.69, 9.17) is 21.0 Å². The van der Waals surface area contributed by atoms with Crippen molar-refractivity contribution in [3.05, 3.63) is 65.5 Å². The summed E-state index contributed by atoms with van der Waals surface area (Å²) in [5.41, 5.74) is 1.60. The van der Waals surface area contributed by atoms with Crippen LogP contribution in [0.1, 0.15) is 41.4 Å². The summed E-state index contributed by atoms with van der Waals surface area (Å²) < 4.78 is 7.42. The molecule has 5 rings (SSSR count). The molecule has 1 atom stereocenters. The Hall–Kier alpha value is -3.43. The van der Waals surface area contributed by atoms with E-state index >= 15 is 0 Å². The highest BCUT2D eigenvalue weighted by molar-refractivity contribution is 7.17. The number of fused-ring (bicyclic) bond motifs is 1. The maximum Gasteiger partial charge on any atom is 0.268 e. The number of hydrogen-bond acceptors (Lipinski definition) is 6. The molecule has 4 aromatic rings. The number of halogens is 1. The van der Waals surface area contributed by atoms with Crippen molar-refractivity contribution in [2.45, 2.75) is 31.7 Å². The summed E-state index contributed by atoms with van der Waals surface area (Å²) >= 11 is 7.56. The van der Waals surface area contributed by atoms with Crippen LogP contribution in [0.25, 0.3) is 21.7 Å². The Bertz CT molecular complexity index is 1380. The zero-order valence-corrected chi connectivity index (χ0v) is 20.5. The molecule has 1 aliphatic rings. The van der Waals surface area contributed by atoms with E-state index in [2.05, 4.69) is 21.4 Å². The van der Waals surface area contributed by atoms with Crippen LogP contribution in [0.2, 0.25) is 5.02 Å². The summed E-state index contributed by atoms with van der Waals surface area (Å²) in [6.07, 6.45) is 7.87. The van der Waals surface area contributed by atoms with Gasteiger partial charge in [0, 0.05) is 24.2 Å². The number of thiophene rings is 1. The molecule has 0 unspecified atom stereocenters. The van der Waals surface area contributed by atoms with Gasteiger partial charge in [0.05, 0.1) is 27.0 Å². The second-order valence-corrected chi connectivity index (χ2v) is 9.91. The predicted octanol–water partition coefficient (Wildman–Crippen LogP) is 5.79. The van der Waals surface area contributed by atoms with Gasteiger partial charge in [-0.15, -0.1) is 11.3 Å². The summed E-state index contributed by atoms with van der Waals surface area (Å²) in [5.74, 6) is 0.776. The first-order chi connectivity index (χ1) is 17.0. The van der Waals surface area contributed by atoms with Gasteiger partial charge in [-0.05, 0) is 62.1 Å². The summed E-state index contributed by atoms with van der Waals surface area (Å²) in [5, 5.41) is 3.59. The molecule has 1 N–H and O–H groups in total. The van der Waals surface area contributed by atoms with Crippen molar-refractivity contribution in [1.82, 2.24) is 19.4 Å². The first-order valence-electron chi connectivity index (χ1n) is 11.4. The third-order valence-electron chi connectivity index (χ3n) is 6.18. The highest BCUT2D eigenvalue weighted by Gasteiger charge is 2.25. The smallest absolute Gasteiger partial charge is 0.268 e. The molecule has 4 heterocycles. The van der Waals surface area contributed by atoms with Gasteiger partial charge < -0.3 is 13.9 Å². The molecule has 1 fully saturated rings. The fraction of sp³-hybridized carbons (Fsp3) is 0.280. The number of anilines is 1. The Balaban J connectivity index is 1.46. The number of likely N-dealkylation sites (tertiary alicyclic amines) is 1. The minimum absolute atomic E-state index is 0.0540. The number of nitrogens with zero attached hydrogens (tertiary/aromatic N) is 4. The van der Waals surface area contributed by atoms with Gasteiger partial charge >= 0.3 is 0 Å². The lowest BCUT2D eigenvalue weighted by Gasteiger charge is -2.29. The number of aromatic nitrogens is 3. The monoisotopic (exact) mass is 509 g/mol. The number of imidazole rings is 1. The lowest BCUT2D eigenvalue weighted by Crippen LogP contribution is -2.34. The summed E-state index contributed by atoms with van der Waals surface area (Å²) in [6.45, 7) is 4.97. The van der Waals surface area contributed by atoms with Gasteiger partial charge in [-0.1, -0.05) is 18.2 Å². The number of carbonyl (C=O) groups is 2. The normalized spacial score (nSPS) is 16.6. The molecule has 0 saturated carbocycles. The summed E-state index contributed by atoms with van der Waals surface area (Å²) in [6, 6.07) is 9.21. The molecule has 180 valence electrons. The van der Waals surface area contributed by atoms with Gasteiger partial charge in [0.25, 0.3) is 5.91 Å². The molecule has 0 aliphatic carbocycles. The standard InChI is InChI=1S/C25H24ClN5O3S/c1-2-23(32)30-11-4-3-5-17(10-12-30)31-19-7-6-16(26)13-18(19)28-25(31)29-24(33)22-9-8-21(35-22)20-14-27-15-34-20/h2,6-9,13-15,17H,1,3-5,10-12H2,(H,28,29,33)/t17-/m1/s1. The molecule has 2 amide bonds. The Morgan fingerprint density at radius 3 is 2.89 bits per heavy atom. The van der Waals surface area contributed by atoms with E-state index in [0.29, 0.717) is 33.7 Å². The second-order valence-electron chi connectivity index (χ2n) is 8.39. The quantitative estimate of drug-likeness (QED) is 0.344. The topological polar surface area (TPSA) is 93.3 Å². The minimum Gasteiger partial charge on any atom is -0.443 e. The lowest BCUT2D eigenvalue weighted by molar-refractivity contribution is -0.126. The van der Waals surface area contributed by atoms with E-state index < -0.39 is 0 Å². The third kappa shape index (κ3) is 4.87. The van der Waals surface area contributed by atoms with E-state index in [-0.39, 0.29) is 17.9 Å². The lowest BCUT2D eigenvalue weighted by atomic mass is 10.0. The Kier molecular flexibility index (Phi) is 6.70. The molecule has 10 heteroatoms. The molecule has 1 aromatic carbocycles. The Labute approximate surface area is 211 Å². The van der Waals surface area contributed by atoms with Crippen LogP contribution in [-0.4, -0.2) is 44.3 Å². The Morgan fingerprint density at radius 1 is 1.20 bits per heavy atom. The molecule has 0 bridgehead atoms. The van der Waals surface area contributed by atoms with Crippen molar-refractivity contribution in [3.8, 4) is 10.6 Å². The number of rotatable bonds is 5. The Morgan fingerprint density at radius 2 is 2.09 bits per heavy atom. The van der Waals surface area contributed by atoms with Crippen LogP contribution >= 0.6 is 22.9 Å². The number of amides is 2. The molecule has 35 heavy (non-hydrogen) atoms. The van der Waals surface area contributed by atoms with Gasteiger partial charge in [-0.2, -0.15) is 0 Å². The van der Waals surface area contributed by atoms with Crippen molar-refractivity contribution < 1.29 is 14.0 Å². The van der Waals surface area contributed by atoms with Gasteiger partial charge in [0.1, 0.15) is 0 Å². The van der Waals surface area contributed by atoms with Crippen molar-refractivity contribution in [2.75, 3.05) is 18.4 Å². The largest absolute Gasteiger partial charge is 0.443 e. The van der Waals surface area contributed by atoms with Crippen LogP contribution in [0.15, 0.2) is 60.0 Å². The number of oxazole rings is 1. The number of nitrogens with one attached hydrogen (secondary N) is 1. The first-order valence-corrected chi connectivity index (χ1v) is 12.6. The molecule has 0 spiro atoms. The number of hydrogen-bond donors (Lipinski definition) is 1. The average molecular weight is 510 g/mol. The molecule has 8 nitrogen and oxygen atoms in total. The average Bonchev–Trinajstić information content (AvgIpc) is 3.58. The highest BCUT2D eigenvalue weighted by Crippen LogP contribution is 2.33. The molecular weight excluding hydrogens is 486 g/mol. The van der Waals surface area contributed by atoms with Gasteiger partial charge in [0.15, 0.2) is 12.2 Å². The SMILES string of the molecule is C=CC(=O)N1CCCC[C@@H](n2c(NC(=O)c3ccc(-c4cnco4)s3)nc3cc(Cl)ccc32)CC1. The van der Waals surface area contributed by atoms with Gasteiger partial charge in [-0.25, -0.2) is 9.97 Å². The molecule has 1 saturated heterocycles. The molecule has 3 aromatic heterocycles. The molecule has 1 aliphatic heterocycles. The number of benzene rings is 1. The third-order valence-corrected chi connectivity index (χ3v) is 7.51. The van der Waals surface area contributed by atoms with Crippen LogP contribution < -0.4 is 5.32 Å². The van der Waals surface area contributed by atoms with Crippen molar-refractivity contribution in [3.63, 3.8) is 0 Å².